The number of hydrogen-bond donors (Lipinski definition) is 1. The minimum Gasteiger partial charge on any atom is -0.314 e. The van der Waals surface area contributed by atoms with E-state index >= 15 is 0 Å². The molecule has 0 spiro atoms. The van der Waals surface area contributed by atoms with Gasteiger partial charge in [-0.05, 0) is 25.3 Å². The highest BCUT2D eigenvalue weighted by molar-refractivity contribution is 4.75. The van der Waals surface area contributed by atoms with Crippen LogP contribution >= 0.6 is 0 Å². The van der Waals surface area contributed by atoms with Gasteiger partial charge in [0.25, 0.3) is 0 Å². The minimum absolute atomic E-state index is 1.02. The minimum atomic E-state index is 1.02. The first-order valence-corrected chi connectivity index (χ1v) is 7.04. The first-order valence-electron chi connectivity index (χ1n) is 7.04. The van der Waals surface area contributed by atoms with Crippen molar-refractivity contribution >= 4 is 0 Å². The molecule has 1 saturated carbocycles. The van der Waals surface area contributed by atoms with Gasteiger partial charge in [-0.15, -0.1) is 0 Å². The summed E-state index contributed by atoms with van der Waals surface area (Å²) in [6.45, 7) is 12.2. The van der Waals surface area contributed by atoms with E-state index in [0.29, 0.717) is 0 Å². The molecule has 2 fully saturated rings. The third-order valence-corrected chi connectivity index (χ3v) is 4.13. The van der Waals surface area contributed by atoms with Crippen LogP contribution in [-0.4, -0.2) is 62.2 Å². The fourth-order valence-corrected chi connectivity index (χ4v) is 2.64. The van der Waals surface area contributed by atoms with Gasteiger partial charge in [0.2, 0.25) is 0 Å². The zero-order valence-corrected chi connectivity index (χ0v) is 10.7. The van der Waals surface area contributed by atoms with Crippen molar-refractivity contribution in [1.82, 2.24) is 15.1 Å². The predicted molar refractivity (Wildman–Crippen MR) is 68.8 cm³/mol. The molecule has 1 aliphatic carbocycles. The Morgan fingerprint density at radius 1 is 1.25 bits per heavy atom. The molecule has 0 unspecified atom stereocenters. The van der Waals surface area contributed by atoms with Crippen molar-refractivity contribution in [2.24, 2.45) is 5.92 Å². The van der Waals surface area contributed by atoms with Crippen LogP contribution in [0.1, 0.15) is 26.2 Å². The lowest BCUT2D eigenvalue weighted by atomic mass is 9.85. The van der Waals surface area contributed by atoms with Gasteiger partial charge < -0.3 is 10.2 Å². The maximum Gasteiger partial charge on any atom is 0.0110 e. The van der Waals surface area contributed by atoms with Crippen LogP contribution in [-0.2, 0) is 0 Å². The zero-order chi connectivity index (χ0) is 11.2. The van der Waals surface area contributed by atoms with E-state index in [2.05, 4.69) is 22.0 Å². The summed E-state index contributed by atoms with van der Waals surface area (Å²) in [7, 11) is 0. The van der Waals surface area contributed by atoms with Crippen LogP contribution in [0.15, 0.2) is 0 Å². The molecule has 94 valence electrons. The summed E-state index contributed by atoms with van der Waals surface area (Å²) in [4.78, 5) is 5.24. The van der Waals surface area contributed by atoms with Crippen molar-refractivity contribution < 1.29 is 0 Å². The summed E-state index contributed by atoms with van der Waals surface area (Å²) in [6, 6.07) is 0. The Hall–Kier alpha value is -0.120. The van der Waals surface area contributed by atoms with E-state index < -0.39 is 0 Å². The van der Waals surface area contributed by atoms with E-state index in [4.69, 9.17) is 0 Å². The van der Waals surface area contributed by atoms with Crippen LogP contribution in [0, 0.1) is 5.92 Å². The second-order valence-electron chi connectivity index (χ2n) is 5.28. The SMILES string of the molecule is CCN(CCN1CCNCC1)CC1CCC1. The van der Waals surface area contributed by atoms with E-state index in [-0.39, 0.29) is 0 Å². The number of hydrogen-bond acceptors (Lipinski definition) is 3. The largest absolute Gasteiger partial charge is 0.314 e. The predicted octanol–water partition coefficient (Wildman–Crippen LogP) is 1.01. The molecular weight excluding hydrogens is 198 g/mol. The summed E-state index contributed by atoms with van der Waals surface area (Å²) in [6.07, 6.45) is 4.42. The van der Waals surface area contributed by atoms with Gasteiger partial charge >= 0.3 is 0 Å². The quantitative estimate of drug-likeness (QED) is 0.728. The molecule has 0 aromatic carbocycles. The number of likely N-dealkylation sites (N-methyl/N-ethyl adjacent to an activating group) is 1. The monoisotopic (exact) mass is 225 g/mol. The van der Waals surface area contributed by atoms with Gasteiger partial charge in [-0.25, -0.2) is 0 Å². The Labute approximate surface area is 100 Å². The molecule has 0 aromatic heterocycles. The first-order chi connectivity index (χ1) is 7.88. The van der Waals surface area contributed by atoms with E-state index in [1.54, 1.807) is 0 Å². The lowest BCUT2D eigenvalue weighted by Crippen LogP contribution is -2.46. The topological polar surface area (TPSA) is 18.5 Å². The van der Waals surface area contributed by atoms with Gasteiger partial charge in [0, 0.05) is 45.8 Å². The molecule has 0 amide bonds. The molecule has 0 atom stereocenters. The van der Waals surface area contributed by atoms with Crippen molar-refractivity contribution in [2.75, 3.05) is 52.4 Å². The van der Waals surface area contributed by atoms with Crippen molar-refractivity contribution in [3.8, 4) is 0 Å². The number of piperazine rings is 1. The lowest BCUT2D eigenvalue weighted by Gasteiger charge is -2.34. The molecule has 1 saturated heterocycles. The Kier molecular flexibility index (Phi) is 5.07. The maximum absolute atomic E-state index is 3.41. The van der Waals surface area contributed by atoms with Crippen molar-refractivity contribution in [3.63, 3.8) is 0 Å². The summed E-state index contributed by atoms with van der Waals surface area (Å²) >= 11 is 0. The Morgan fingerprint density at radius 3 is 2.56 bits per heavy atom. The van der Waals surface area contributed by atoms with Gasteiger partial charge in [-0.2, -0.15) is 0 Å². The van der Waals surface area contributed by atoms with E-state index in [1.165, 1.54) is 71.6 Å². The average Bonchev–Trinajstić information content (AvgIpc) is 2.28. The molecule has 1 aliphatic heterocycles. The van der Waals surface area contributed by atoms with Crippen LogP contribution in [0.5, 0.6) is 0 Å². The molecule has 2 rings (SSSR count). The molecule has 3 heteroatoms. The van der Waals surface area contributed by atoms with Crippen molar-refractivity contribution in [2.45, 2.75) is 26.2 Å². The fraction of sp³-hybridized carbons (Fsp3) is 1.00. The first kappa shape index (κ1) is 12.3. The van der Waals surface area contributed by atoms with Crippen LogP contribution in [0.3, 0.4) is 0 Å². The maximum atomic E-state index is 3.41. The van der Waals surface area contributed by atoms with Gasteiger partial charge in [0.15, 0.2) is 0 Å². The lowest BCUT2D eigenvalue weighted by molar-refractivity contribution is 0.152. The normalized spacial score (nSPS) is 23.6. The number of nitrogens with zero attached hydrogens (tertiary/aromatic N) is 2. The third kappa shape index (κ3) is 3.72. The number of nitrogens with one attached hydrogen (secondary N) is 1. The number of rotatable bonds is 6. The third-order valence-electron chi connectivity index (χ3n) is 4.13. The highest BCUT2D eigenvalue weighted by Gasteiger charge is 2.20. The van der Waals surface area contributed by atoms with Crippen LogP contribution in [0.2, 0.25) is 0 Å². The van der Waals surface area contributed by atoms with Crippen LogP contribution < -0.4 is 5.32 Å². The molecule has 0 bridgehead atoms. The summed E-state index contributed by atoms with van der Waals surface area (Å²) in [5.74, 6) is 1.02. The fourth-order valence-electron chi connectivity index (χ4n) is 2.64. The summed E-state index contributed by atoms with van der Waals surface area (Å²) in [5, 5.41) is 3.41. The van der Waals surface area contributed by atoms with E-state index in [9.17, 15) is 0 Å². The van der Waals surface area contributed by atoms with E-state index in [0.717, 1.165) is 5.92 Å². The molecule has 1 heterocycles. The molecule has 3 nitrogen and oxygen atoms in total. The molecule has 0 radical (unpaired) electrons. The van der Waals surface area contributed by atoms with Gasteiger partial charge in [-0.1, -0.05) is 13.3 Å². The van der Waals surface area contributed by atoms with Gasteiger partial charge in [0.1, 0.15) is 0 Å². The molecule has 0 aromatic rings. The van der Waals surface area contributed by atoms with Crippen molar-refractivity contribution in [3.05, 3.63) is 0 Å². The molecule has 1 N–H and O–H groups in total. The molecular formula is C13H27N3. The summed E-state index contributed by atoms with van der Waals surface area (Å²) in [5.41, 5.74) is 0. The summed E-state index contributed by atoms with van der Waals surface area (Å²) < 4.78 is 0. The molecule has 16 heavy (non-hydrogen) atoms. The Balaban J connectivity index is 1.61. The Bertz CT molecular complexity index is 186. The Morgan fingerprint density at radius 2 is 2.00 bits per heavy atom. The van der Waals surface area contributed by atoms with Gasteiger partial charge in [-0.3, -0.25) is 4.90 Å². The highest BCUT2D eigenvalue weighted by atomic mass is 15.2. The van der Waals surface area contributed by atoms with Crippen LogP contribution in [0.25, 0.3) is 0 Å². The zero-order valence-electron chi connectivity index (χ0n) is 10.7. The van der Waals surface area contributed by atoms with E-state index in [1.807, 2.05) is 0 Å². The smallest absolute Gasteiger partial charge is 0.0110 e. The van der Waals surface area contributed by atoms with Crippen molar-refractivity contribution in [1.29, 1.82) is 0 Å². The second-order valence-corrected chi connectivity index (χ2v) is 5.28. The average molecular weight is 225 g/mol. The van der Waals surface area contributed by atoms with Crippen LogP contribution in [0.4, 0.5) is 0 Å². The molecule has 2 aliphatic rings. The highest BCUT2D eigenvalue weighted by Crippen LogP contribution is 2.26. The second kappa shape index (κ2) is 6.58. The standard InChI is InChI=1S/C13H27N3/c1-2-15(12-13-4-3-5-13)10-11-16-8-6-14-7-9-16/h13-14H,2-12H2,1H3. The van der Waals surface area contributed by atoms with Gasteiger partial charge in [0.05, 0.1) is 0 Å².